The molecule has 4 rings (SSSR count). The molecule has 2 aromatic heterocycles. The number of fused-ring (bicyclic) bond motifs is 2. The molecule has 0 radical (unpaired) electrons. The van der Waals surface area contributed by atoms with E-state index in [0.29, 0.717) is 6.04 Å². The van der Waals surface area contributed by atoms with E-state index in [1.165, 1.54) is 18.5 Å². The number of aromatic nitrogens is 1. The lowest BCUT2D eigenvalue weighted by atomic mass is 9.92. The van der Waals surface area contributed by atoms with Crippen LogP contribution in [0, 0.1) is 5.92 Å². The Morgan fingerprint density at radius 3 is 3.39 bits per heavy atom. The lowest BCUT2D eigenvalue weighted by Gasteiger charge is -2.38. The minimum absolute atomic E-state index is 0.632. The Balaban J connectivity index is 1.72. The topological polar surface area (TPSA) is 41.3 Å². The highest BCUT2D eigenvalue weighted by atomic mass is 16.3. The maximum atomic E-state index is 5.46. The van der Waals surface area contributed by atoms with Gasteiger partial charge in [-0.3, -0.25) is 4.98 Å². The number of hydrogen-bond acceptors (Lipinski definition) is 4. The molecule has 4 heterocycles. The summed E-state index contributed by atoms with van der Waals surface area (Å²) in [6.45, 7) is 3.40. The van der Waals surface area contributed by atoms with Crippen LogP contribution in [0.2, 0.25) is 0 Å². The lowest BCUT2D eigenvalue weighted by Crippen LogP contribution is -2.45. The fraction of sp³-hybridized carbons (Fsp3) is 0.500. The van der Waals surface area contributed by atoms with E-state index in [-0.39, 0.29) is 0 Å². The minimum atomic E-state index is 0.632. The summed E-state index contributed by atoms with van der Waals surface area (Å²) in [5.41, 5.74) is 3.04. The number of nitrogens with one attached hydrogen (secondary N) is 1. The largest absolute Gasteiger partial charge is 0.463 e. The number of piperidine rings is 1. The number of pyridine rings is 1. The summed E-state index contributed by atoms with van der Waals surface area (Å²) >= 11 is 0. The Labute approximate surface area is 106 Å². The van der Waals surface area contributed by atoms with Gasteiger partial charge < -0.3 is 14.6 Å². The molecule has 2 fully saturated rings. The van der Waals surface area contributed by atoms with Crippen molar-refractivity contribution in [1.29, 1.82) is 0 Å². The fourth-order valence-electron chi connectivity index (χ4n) is 3.38. The molecule has 4 heteroatoms. The monoisotopic (exact) mass is 243 g/mol. The molecule has 2 atom stereocenters. The zero-order valence-corrected chi connectivity index (χ0v) is 10.3. The molecule has 2 aliphatic heterocycles. The SMILES string of the molecule is c1cc2ncc(N3CCC[C@@H]4CNC[C@@H]43)cc2o1. The van der Waals surface area contributed by atoms with Crippen LogP contribution in [0.3, 0.4) is 0 Å². The first-order chi connectivity index (χ1) is 8.92. The average molecular weight is 243 g/mol. The van der Waals surface area contributed by atoms with Crippen molar-refractivity contribution in [2.75, 3.05) is 24.5 Å². The summed E-state index contributed by atoms with van der Waals surface area (Å²) < 4.78 is 5.46. The van der Waals surface area contributed by atoms with Crippen LogP contribution in [-0.4, -0.2) is 30.7 Å². The molecule has 1 N–H and O–H groups in total. The summed E-state index contributed by atoms with van der Waals surface area (Å²) in [4.78, 5) is 6.98. The van der Waals surface area contributed by atoms with Crippen molar-refractivity contribution in [3.63, 3.8) is 0 Å². The predicted octanol–water partition coefficient (Wildman–Crippen LogP) is 2.02. The molecular formula is C14H17N3O. The van der Waals surface area contributed by atoms with E-state index in [0.717, 1.165) is 36.7 Å². The van der Waals surface area contributed by atoms with Gasteiger partial charge in [0.2, 0.25) is 0 Å². The van der Waals surface area contributed by atoms with Crippen LogP contribution in [0.4, 0.5) is 5.69 Å². The van der Waals surface area contributed by atoms with Crippen LogP contribution in [0.1, 0.15) is 12.8 Å². The molecule has 0 spiro atoms. The molecule has 0 bridgehead atoms. The molecule has 2 aliphatic rings. The van der Waals surface area contributed by atoms with Crippen molar-refractivity contribution in [3.8, 4) is 0 Å². The Hall–Kier alpha value is -1.55. The number of rotatable bonds is 1. The van der Waals surface area contributed by atoms with Gasteiger partial charge in [-0.2, -0.15) is 0 Å². The molecule has 0 unspecified atom stereocenters. The highest BCUT2D eigenvalue weighted by molar-refractivity contribution is 5.76. The molecule has 18 heavy (non-hydrogen) atoms. The number of furan rings is 1. The maximum Gasteiger partial charge on any atom is 0.154 e. The van der Waals surface area contributed by atoms with Gasteiger partial charge in [-0.25, -0.2) is 0 Å². The standard InChI is InChI=1S/C14H17N3O/c1-2-10-7-15-9-13(10)17(4-1)11-6-14-12(16-8-11)3-5-18-14/h3,5-6,8,10,13,15H,1-2,4,7,9H2/t10-,13+/m1/s1. The average Bonchev–Trinajstić information content (AvgIpc) is 3.05. The third-order valence-corrected chi connectivity index (χ3v) is 4.30. The van der Waals surface area contributed by atoms with Crippen LogP contribution in [0.15, 0.2) is 29.0 Å². The molecule has 2 saturated heterocycles. The van der Waals surface area contributed by atoms with E-state index in [1.54, 1.807) is 6.26 Å². The van der Waals surface area contributed by atoms with Gasteiger partial charge in [0.05, 0.1) is 18.1 Å². The quantitative estimate of drug-likeness (QED) is 0.832. The molecule has 0 aromatic carbocycles. The molecule has 0 amide bonds. The second-order valence-electron chi connectivity index (χ2n) is 5.32. The van der Waals surface area contributed by atoms with Gasteiger partial charge in [0.15, 0.2) is 5.58 Å². The number of anilines is 1. The van der Waals surface area contributed by atoms with E-state index in [2.05, 4.69) is 21.3 Å². The number of nitrogens with zero attached hydrogens (tertiary/aromatic N) is 2. The Kier molecular flexibility index (Phi) is 2.30. The second-order valence-corrected chi connectivity index (χ2v) is 5.32. The predicted molar refractivity (Wildman–Crippen MR) is 70.7 cm³/mol. The smallest absolute Gasteiger partial charge is 0.154 e. The van der Waals surface area contributed by atoms with Crippen molar-refractivity contribution in [1.82, 2.24) is 10.3 Å². The maximum absolute atomic E-state index is 5.46. The molecule has 0 aliphatic carbocycles. The highest BCUT2D eigenvalue weighted by Crippen LogP contribution is 2.31. The first kappa shape index (κ1) is 10.4. The molecule has 94 valence electrons. The van der Waals surface area contributed by atoms with Crippen LogP contribution in [0.25, 0.3) is 11.1 Å². The summed E-state index contributed by atoms with van der Waals surface area (Å²) in [6.07, 6.45) is 6.32. The van der Waals surface area contributed by atoms with Crippen molar-refractivity contribution in [2.45, 2.75) is 18.9 Å². The normalized spacial score (nSPS) is 27.7. The third kappa shape index (κ3) is 1.52. The van der Waals surface area contributed by atoms with E-state index in [1.807, 2.05) is 12.3 Å². The summed E-state index contributed by atoms with van der Waals surface area (Å²) in [5, 5.41) is 3.51. The molecule has 2 aromatic rings. The van der Waals surface area contributed by atoms with E-state index >= 15 is 0 Å². The lowest BCUT2D eigenvalue weighted by molar-refractivity contribution is 0.385. The van der Waals surface area contributed by atoms with Gasteiger partial charge >= 0.3 is 0 Å². The second kappa shape index (κ2) is 3.99. The van der Waals surface area contributed by atoms with Crippen LogP contribution in [0.5, 0.6) is 0 Å². The number of hydrogen-bond donors (Lipinski definition) is 1. The van der Waals surface area contributed by atoms with Crippen molar-refractivity contribution < 1.29 is 4.42 Å². The zero-order valence-electron chi connectivity index (χ0n) is 10.3. The van der Waals surface area contributed by atoms with Gasteiger partial charge in [-0.05, 0) is 18.8 Å². The highest BCUT2D eigenvalue weighted by Gasteiger charge is 2.35. The Morgan fingerprint density at radius 1 is 1.39 bits per heavy atom. The summed E-state index contributed by atoms with van der Waals surface area (Å²) in [5.74, 6) is 0.797. The van der Waals surface area contributed by atoms with Crippen LogP contribution in [-0.2, 0) is 0 Å². The van der Waals surface area contributed by atoms with E-state index in [4.69, 9.17) is 4.42 Å². The van der Waals surface area contributed by atoms with Gasteiger partial charge in [-0.15, -0.1) is 0 Å². The minimum Gasteiger partial charge on any atom is -0.463 e. The van der Waals surface area contributed by atoms with E-state index in [9.17, 15) is 0 Å². The van der Waals surface area contributed by atoms with Gasteiger partial charge in [0, 0.05) is 37.8 Å². The zero-order chi connectivity index (χ0) is 11.9. The van der Waals surface area contributed by atoms with Gasteiger partial charge in [0.25, 0.3) is 0 Å². The van der Waals surface area contributed by atoms with Crippen LogP contribution >= 0.6 is 0 Å². The Bertz CT molecular complexity index is 565. The van der Waals surface area contributed by atoms with Gasteiger partial charge in [-0.1, -0.05) is 0 Å². The molecular weight excluding hydrogens is 226 g/mol. The third-order valence-electron chi connectivity index (χ3n) is 4.30. The molecule has 0 saturated carbocycles. The first-order valence-electron chi connectivity index (χ1n) is 6.72. The van der Waals surface area contributed by atoms with Crippen molar-refractivity contribution in [2.24, 2.45) is 5.92 Å². The first-order valence-corrected chi connectivity index (χ1v) is 6.72. The van der Waals surface area contributed by atoms with Gasteiger partial charge in [0.1, 0.15) is 5.52 Å². The van der Waals surface area contributed by atoms with Crippen molar-refractivity contribution >= 4 is 16.8 Å². The fourth-order valence-corrected chi connectivity index (χ4v) is 3.38. The van der Waals surface area contributed by atoms with Crippen LogP contribution < -0.4 is 10.2 Å². The molecule has 4 nitrogen and oxygen atoms in total. The summed E-state index contributed by atoms with van der Waals surface area (Å²) in [7, 11) is 0. The summed E-state index contributed by atoms with van der Waals surface area (Å²) in [6, 6.07) is 4.67. The van der Waals surface area contributed by atoms with E-state index < -0.39 is 0 Å². The Morgan fingerprint density at radius 2 is 2.39 bits per heavy atom. The van der Waals surface area contributed by atoms with Crippen molar-refractivity contribution in [3.05, 3.63) is 24.6 Å².